The monoisotopic (exact) mass is 356 g/mol. The van der Waals surface area contributed by atoms with E-state index in [-0.39, 0.29) is 0 Å². The molecule has 0 amide bonds. The van der Waals surface area contributed by atoms with Crippen molar-refractivity contribution in [1.82, 2.24) is 0 Å². The van der Waals surface area contributed by atoms with Crippen LogP contribution in [0.1, 0.15) is 4.88 Å². The molecule has 0 aliphatic rings. The maximum absolute atomic E-state index is 4.65. The molecule has 0 spiro atoms. The lowest BCUT2D eigenvalue weighted by atomic mass is 10.2. The Bertz CT molecular complexity index is 683. The Balaban J connectivity index is 1.95. The summed E-state index contributed by atoms with van der Waals surface area (Å²) in [5.41, 5.74) is 2.08. The van der Waals surface area contributed by atoms with Gasteiger partial charge in [0.05, 0.1) is 21.4 Å². The first-order chi connectivity index (χ1) is 10.3. The van der Waals surface area contributed by atoms with Gasteiger partial charge in [0.15, 0.2) is 0 Å². The molecule has 1 aromatic heterocycles. The number of para-hydroxylation sites is 2. The van der Waals surface area contributed by atoms with Crippen LogP contribution in [0.25, 0.3) is 0 Å². The van der Waals surface area contributed by atoms with Gasteiger partial charge in [0.2, 0.25) is 0 Å². The van der Waals surface area contributed by atoms with Crippen molar-refractivity contribution in [3.8, 4) is 0 Å². The second-order valence-corrected chi connectivity index (χ2v) is 6.86. The molecular formula is C17H13BrN2S. The van der Waals surface area contributed by atoms with Crippen LogP contribution in [0, 0.1) is 0 Å². The third kappa shape index (κ3) is 3.60. The van der Waals surface area contributed by atoms with E-state index in [0.717, 1.165) is 20.0 Å². The average Bonchev–Trinajstić information content (AvgIpc) is 2.95. The maximum atomic E-state index is 4.65. The minimum atomic E-state index is 1.04. The zero-order valence-corrected chi connectivity index (χ0v) is 13.6. The van der Waals surface area contributed by atoms with Crippen molar-refractivity contribution in [3.63, 3.8) is 0 Å². The third-order valence-corrected chi connectivity index (χ3v) is 4.45. The molecule has 4 heteroatoms. The van der Waals surface area contributed by atoms with Gasteiger partial charge in [-0.2, -0.15) is 5.10 Å². The quantitative estimate of drug-likeness (QED) is 0.433. The molecule has 1 heterocycles. The largest absolute Gasteiger partial charge is 0.234 e. The van der Waals surface area contributed by atoms with E-state index in [0.29, 0.717) is 0 Å². The van der Waals surface area contributed by atoms with Crippen molar-refractivity contribution in [3.05, 3.63) is 81.5 Å². The molecule has 3 rings (SSSR count). The fraction of sp³-hybridized carbons (Fsp3) is 0. The van der Waals surface area contributed by atoms with Crippen LogP contribution >= 0.6 is 27.3 Å². The van der Waals surface area contributed by atoms with Crippen molar-refractivity contribution < 1.29 is 0 Å². The molecule has 0 aliphatic carbocycles. The van der Waals surface area contributed by atoms with Crippen LogP contribution in [0.2, 0.25) is 0 Å². The summed E-state index contributed by atoms with van der Waals surface area (Å²) in [4.78, 5) is 1.11. The van der Waals surface area contributed by atoms with Gasteiger partial charge in [-0.3, -0.25) is 0 Å². The molecule has 2 aromatic carbocycles. The van der Waals surface area contributed by atoms with Gasteiger partial charge >= 0.3 is 0 Å². The van der Waals surface area contributed by atoms with Crippen molar-refractivity contribution >= 4 is 44.9 Å². The number of nitrogens with zero attached hydrogens (tertiary/aromatic N) is 2. The minimum absolute atomic E-state index is 1.04. The topological polar surface area (TPSA) is 15.6 Å². The highest BCUT2D eigenvalue weighted by Crippen LogP contribution is 2.26. The van der Waals surface area contributed by atoms with Crippen LogP contribution < -0.4 is 5.01 Å². The Hall–Kier alpha value is -1.91. The molecule has 0 unspecified atom stereocenters. The summed E-state index contributed by atoms with van der Waals surface area (Å²) in [7, 11) is 0. The number of anilines is 2. The summed E-state index contributed by atoms with van der Waals surface area (Å²) in [6.45, 7) is 0. The lowest BCUT2D eigenvalue weighted by molar-refractivity contribution is 1.09. The van der Waals surface area contributed by atoms with Crippen molar-refractivity contribution in [2.45, 2.75) is 0 Å². The highest BCUT2D eigenvalue weighted by molar-refractivity contribution is 9.11. The summed E-state index contributed by atoms with van der Waals surface area (Å²) in [6, 6.07) is 24.4. The van der Waals surface area contributed by atoms with E-state index in [1.165, 1.54) is 0 Å². The number of hydrogen-bond donors (Lipinski definition) is 0. The van der Waals surface area contributed by atoms with Crippen LogP contribution in [0.5, 0.6) is 0 Å². The van der Waals surface area contributed by atoms with E-state index in [4.69, 9.17) is 0 Å². The van der Waals surface area contributed by atoms with Crippen molar-refractivity contribution in [2.75, 3.05) is 5.01 Å². The second kappa shape index (κ2) is 6.70. The SMILES string of the molecule is Brc1ccc(/C=N\N(c2ccccc2)c2ccccc2)s1. The smallest absolute Gasteiger partial charge is 0.0705 e. The summed E-state index contributed by atoms with van der Waals surface area (Å²) in [6.07, 6.45) is 1.88. The van der Waals surface area contributed by atoms with Crippen LogP contribution in [0.4, 0.5) is 11.4 Å². The minimum Gasteiger partial charge on any atom is -0.234 e. The molecule has 0 N–H and O–H groups in total. The van der Waals surface area contributed by atoms with E-state index >= 15 is 0 Å². The van der Waals surface area contributed by atoms with Crippen molar-refractivity contribution in [1.29, 1.82) is 0 Å². The van der Waals surface area contributed by atoms with E-state index in [2.05, 4.69) is 45.3 Å². The highest BCUT2D eigenvalue weighted by Gasteiger charge is 2.06. The molecule has 21 heavy (non-hydrogen) atoms. The number of hydrogen-bond acceptors (Lipinski definition) is 3. The van der Waals surface area contributed by atoms with Gasteiger partial charge in [-0.25, -0.2) is 5.01 Å². The average molecular weight is 357 g/mol. The van der Waals surface area contributed by atoms with Crippen LogP contribution in [0.3, 0.4) is 0 Å². The third-order valence-electron chi connectivity index (χ3n) is 2.90. The Labute approximate surface area is 136 Å². The molecule has 3 aromatic rings. The van der Waals surface area contributed by atoms with Crippen LogP contribution in [-0.2, 0) is 0 Å². The van der Waals surface area contributed by atoms with Gasteiger partial charge in [-0.15, -0.1) is 11.3 Å². The standard InChI is InChI=1S/C17H13BrN2S/c18-17-12-11-16(21-17)13-19-20(14-7-3-1-4-8-14)15-9-5-2-6-10-15/h1-13H/b19-13-. The molecule has 0 saturated heterocycles. The lowest BCUT2D eigenvalue weighted by Gasteiger charge is -2.18. The Morgan fingerprint density at radius 3 is 1.86 bits per heavy atom. The Kier molecular flexibility index (Phi) is 4.48. The predicted octanol–water partition coefficient (Wildman–Crippen LogP) is 5.68. The second-order valence-electron chi connectivity index (χ2n) is 4.37. The van der Waals surface area contributed by atoms with E-state index in [1.54, 1.807) is 11.3 Å². The number of benzene rings is 2. The van der Waals surface area contributed by atoms with Crippen molar-refractivity contribution in [2.24, 2.45) is 5.10 Å². The zero-order valence-electron chi connectivity index (χ0n) is 11.2. The Morgan fingerprint density at radius 1 is 0.810 bits per heavy atom. The van der Waals surface area contributed by atoms with Crippen LogP contribution in [0.15, 0.2) is 81.7 Å². The molecule has 0 atom stereocenters. The predicted molar refractivity (Wildman–Crippen MR) is 94.6 cm³/mol. The maximum Gasteiger partial charge on any atom is 0.0705 e. The molecule has 104 valence electrons. The zero-order chi connectivity index (χ0) is 14.5. The lowest BCUT2D eigenvalue weighted by Crippen LogP contribution is -2.08. The molecule has 0 saturated carbocycles. The molecule has 0 aliphatic heterocycles. The first-order valence-corrected chi connectivity index (χ1v) is 8.13. The van der Waals surface area contributed by atoms with Gasteiger partial charge in [0, 0.05) is 4.88 Å². The number of rotatable bonds is 4. The van der Waals surface area contributed by atoms with Gasteiger partial charge in [0.25, 0.3) is 0 Å². The molecule has 2 nitrogen and oxygen atoms in total. The first kappa shape index (κ1) is 14.0. The van der Waals surface area contributed by atoms with Crippen LogP contribution in [-0.4, -0.2) is 6.21 Å². The molecular weight excluding hydrogens is 344 g/mol. The van der Waals surface area contributed by atoms with E-state index in [1.807, 2.05) is 59.8 Å². The summed E-state index contributed by atoms with van der Waals surface area (Å²) >= 11 is 5.13. The summed E-state index contributed by atoms with van der Waals surface area (Å²) in [5, 5.41) is 6.58. The molecule has 0 fully saturated rings. The van der Waals surface area contributed by atoms with E-state index < -0.39 is 0 Å². The Morgan fingerprint density at radius 2 is 1.38 bits per heavy atom. The van der Waals surface area contributed by atoms with Gasteiger partial charge < -0.3 is 0 Å². The summed E-state index contributed by atoms with van der Waals surface area (Å²) in [5.74, 6) is 0. The molecule has 0 radical (unpaired) electrons. The fourth-order valence-electron chi connectivity index (χ4n) is 1.93. The van der Waals surface area contributed by atoms with Gasteiger partial charge in [-0.1, -0.05) is 36.4 Å². The summed E-state index contributed by atoms with van der Waals surface area (Å²) < 4.78 is 1.11. The van der Waals surface area contributed by atoms with Gasteiger partial charge in [-0.05, 0) is 52.3 Å². The van der Waals surface area contributed by atoms with Gasteiger partial charge in [0.1, 0.15) is 0 Å². The molecule has 0 bridgehead atoms. The first-order valence-electron chi connectivity index (χ1n) is 6.52. The number of thiophene rings is 1. The highest BCUT2D eigenvalue weighted by atomic mass is 79.9. The van der Waals surface area contributed by atoms with E-state index in [9.17, 15) is 0 Å². The fourth-order valence-corrected chi connectivity index (χ4v) is 3.22. The number of halogens is 1. The normalized spacial score (nSPS) is 10.9. The number of hydrazone groups is 1.